The molecular formula is C18H29NO5S2. The number of carbonyl (C=O) groups is 1. The fourth-order valence-electron chi connectivity index (χ4n) is 1.99. The molecule has 0 saturated carbocycles. The topological polar surface area (TPSA) is 81.7 Å². The Kier molecular flexibility index (Phi) is 9.09. The highest BCUT2D eigenvalue weighted by molar-refractivity contribution is 7.99. The van der Waals surface area contributed by atoms with Crippen LogP contribution in [0.5, 0.6) is 0 Å². The summed E-state index contributed by atoms with van der Waals surface area (Å²) in [6.07, 6.45) is 0. The molecule has 0 aliphatic rings. The number of nitrogens with one attached hydrogen (secondary N) is 1. The van der Waals surface area contributed by atoms with Gasteiger partial charge in [0.15, 0.2) is 0 Å². The standard InChI is InChI=1S/C18H29NO5S2/c1-6-24-17(20)13-23-12-16(19-26(21,22)18(3,4)5)14-8-10-15(11-9-14)25-7-2/h8-11,16,19H,6-7,12-13H2,1-5H3/t16-/m0/s1. The molecule has 1 N–H and O–H groups in total. The Hall–Kier alpha value is -1.09. The molecule has 0 amide bonds. The summed E-state index contributed by atoms with van der Waals surface area (Å²) >= 11 is 1.71. The Balaban J connectivity index is 2.92. The van der Waals surface area contributed by atoms with Crippen molar-refractivity contribution in [1.29, 1.82) is 0 Å². The average molecular weight is 404 g/mol. The van der Waals surface area contributed by atoms with E-state index in [1.807, 2.05) is 24.3 Å². The second kappa shape index (κ2) is 10.3. The van der Waals surface area contributed by atoms with Gasteiger partial charge in [-0.3, -0.25) is 0 Å². The molecule has 0 aromatic heterocycles. The first-order chi connectivity index (χ1) is 12.1. The molecule has 0 bridgehead atoms. The molecule has 1 aromatic rings. The van der Waals surface area contributed by atoms with Gasteiger partial charge < -0.3 is 9.47 Å². The second-order valence-corrected chi connectivity index (χ2v) is 10.4. The number of hydrogen-bond donors (Lipinski definition) is 1. The van der Waals surface area contributed by atoms with E-state index >= 15 is 0 Å². The van der Waals surface area contributed by atoms with Crippen molar-refractivity contribution in [3.05, 3.63) is 29.8 Å². The van der Waals surface area contributed by atoms with Crippen LogP contribution in [0, 0.1) is 0 Å². The fourth-order valence-corrected chi connectivity index (χ4v) is 3.58. The minimum absolute atomic E-state index is 0.0361. The first-order valence-electron chi connectivity index (χ1n) is 8.58. The third-order valence-corrected chi connectivity index (χ3v) is 6.61. The molecule has 0 fully saturated rings. The molecular weight excluding hydrogens is 374 g/mol. The summed E-state index contributed by atoms with van der Waals surface area (Å²) in [4.78, 5) is 12.5. The lowest BCUT2D eigenvalue weighted by Crippen LogP contribution is -2.42. The van der Waals surface area contributed by atoms with Crippen LogP contribution in [0.15, 0.2) is 29.2 Å². The predicted molar refractivity (Wildman–Crippen MR) is 105 cm³/mol. The van der Waals surface area contributed by atoms with E-state index in [9.17, 15) is 13.2 Å². The molecule has 0 aliphatic carbocycles. The number of benzene rings is 1. The average Bonchev–Trinajstić information content (AvgIpc) is 2.54. The van der Waals surface area contributed by atoms with Crippen LogP contribution in [0.3, 0.4) is 0 Å². The van der Waals surface area contributed by atoms with Crippen molar-refractivity contribution in [3.8, 4) is 0 Å². The molecule has 0 radical (unpaired) electrons. The molecule has 6 nitrogen and oxygen atoms in total. The third-order valence-electron chi connectivity index (χ3n) is 3.51. The summed E-state index contributed by atoms with van der Waals surface area (Å²) in [5.74, 6) is 0.488. The SMILES string of the molecule is CCOC(=O)COC[C@H](NS(=O)(=O)C(C)(C)C)c1ccc(SCC)cc1. The van der Waals surface area contributed by atoms with Crippen molar-refractivity contribution in [3.63, 3.8) is 0 Å². The van der Waals surface area contributed by atoms with Gasteiger partial charge in [0.2, 0.25) is 10.0 Å². The van der Waals surface area contributed by atoms with Gasteiger partial charge in [-0.2, -0.15) is 0 Å². The maximum atomic E-state index is 12.5. The van der Waals surface area contributed by atoms with Crippen LogP contribution in [0.2, 0.25) is 0 Å². The van der Waals surface area contributed by atoms with Crippen LogP contribution in [0.1, 0.15) is 46.2 Å². The van der Waals surface area contributed by atoms with E-state index < -0.39 is 26.8 Å². The lowest BCUT2D eigenvalue weighted by Gasteiger charge is -2.25. The number of esters is 1. The van der Waals surface area contributed by atoms with Gasteiger partial charge in [0.1, 0.15) is 6.61 Å². The summed E-state index contributed by atoms with van der Waals surface area (Å²) in [5, 5.41) is 0. The number of carbonyl (C=O) groups excluding carboxylic acids is 1. The molecule has 0 spiro atoms. The van der Waals surface area contributed by atoms with Crippen LogP contribution in [-0.2, 0) is 24.3 Å². The van der Waals surface area contributed by atoms with Gasteiger partial charge in [-0.15, -0.1) is 11.8 Å². The zero-order chi connectivity index (χ0) is 19.8. The first-order valence-corrected chi connectivity index (χ1v) is 11.1. The lowest BCUT2D eigenvalue weighted by atomic mass is 10.1. The van der Waals surface area contributed by atoms with Crippen LogP contribution in [-0.4, -0.2) is 44.7 Å². The minimum atomic E-state index is -3.58. The zero-order valence-corrected chi connectivity index (χ0v) is 17.7. The van der Waals surface area contributed by atoms with Crippen molar-refractivity contribution >= 4 is 27.8 Å². The van der Waals surface area contributed by atoms with Crippen molar-refractivity contribution in [1.82, 2.24) is 4.72 Å². The number of hydrogen-bond acceptors (Lipinski definition) is 6. The van der Waals surface area contributed by atoms with Gasteiger partial charge in [0.05, 0.1) is 24.0 Å². The normalized spacial score (nSPS) is 13.4. The number of ether oxygens (including phenoxy) is 2. The fraction of sp³-hybridized carbons (Fsp3) is 0.611. The van der Waals surface area contributed by atoms with Crippen LogP contribution in [0.25, 0.3) is 0 Å². The summed E-state index contributed by atoms with van der Waals surface area (Å²) in [7, 11) is -3.58. The van der Waals surface area contributed by atoms with Gasteiger partial charge in [-0.25, -0.2) is 17.9 Å². The summed E-state index contributed by atoms with van der Waals surface area (Å²) in [6.45, 7) is 8.78. The highest BCUT2D eigenvalue weighted by Gasteiger charge is 2.32. The van der Waals surface area contributed by atoms with Crippen LogP contribution < -0.4 is 4.72 Å². The Morgan fingerprint density at radius 3 is 2.31 bits per heavy atom. The van der Waals surface area contributed by atoms with E-state index in [1.54, 1.807) is 39.5 Å². The highest BCUT2D eigenvalue weighted by Crippen LogP contribution is 2.24. The predicted octanol–water partition coefficient (Wildman–Crippen LogP) is 3.14. The Labute approximate surface area is 161 Å². The van der Waals surface area contributed by atoms with Gasteiger partial charge in [-0.05, 0) is 51.1 Å². The van der Waals surface area contributed by atoms with E-state index in [0.29, 0.717) is 0 Å². The van der Waals surface area contributed by atoms with Crippen molar-refractivity contribution < 1.29 is 22.7 Å². The molecule has 0 unspecified atom stereocenters. The van der Waals surface area contributed by atoms with E-state index in [2.05, 4.69) is 11.6 Å². The Morgan fingerprint density at radius 1 is 1.19 bits per heavy atom. The summed E-state index contributed by atoms with van der Waals surface area (Å²) in [6, 6.07) is 7.07. The maximum Gasteiger partial charge on any atom is 0.332 e. The molecule has 26 heavy (non-hydrogen) atoms. The van der Waals surface area contributed by atoms with Crippen molar-refractivity contribution in [2.45, 2.75) is 50.3 Å². The Bertz CT molecular complexity index is 666. The van der Waals surface area contributed by atoms with E-state index in [1.165, 1.54) is 0 Å². The molecule has 0 aliphatic heterocycles. The van der Waals surface area contributed by atoms with Gasteiger partial charge >= 0.3 is 5.97 Å². The zero-order valence-electron chi connectivity index (χ0n) is 16.1. The molecule has 1 atom stereocenters. The van der Waals surface area contributed by atoms with Crippen molar-refractivity contribution in [2.75, 3.05) is 25.6 Å². The number of rotatable bonds is 10. The first kappa shape index (κ1) is 23.0. The smallest absolute Gasteiger partial charge is 0.332 e. The molecule has 148 valence electrons. The summed E-state index contributed by atoms with van der Waals surface area (Å²) in [5.41, 5.74) is 0.780. The number of sulfonamides is 1. The lowest BCUT2D eigenvalue weighted by molar-refractivity contribution is -0.148. The van der Waals surface area contributed by atoms with Gasteiger partial charge in [0.25, 0.3) is 0 Å². The molecule has 0 heterocycles. The molecule has 1 aromatic carbocycles. The Morgan fingerprint density at radius 2 is 1.81 bits per heavy atom. The monoisotopic (exact) mass is 403 g/mol. The van der Waals surface area contributed by atoms with Gasteiger partial charge in [0, 0.05) is 4.90 Å². The van der Waals surface area contributed by atoms with Crippen molar-refractivity contribution in [2.24, 2.45) is 0 Å². The minimum Gasteiger partial charge on any atom is -0.464 e. The second-order valence-electron chi connectivity index (χ2n) is 6.61. The maximum absolute atomic E-state index is 12.5. The van der Waals surface area contributed by atoms with Crippen LogP contribution in [0.4, 0.5) is 0 Å². The largest absolute Gasteiger partial charge is 0.464 e. The highest BCUT2D eigenvalue weighted by atomic mass is 32.2. The summed E-state index contributed by atoms with van der Waals surface area (Å²) < 4.78 is 37.0. The van der Waals surface area contributed by atoms with E-state index in [4.69, 9.17) is 9.47 Å². The third kappa shape index (κ3) is 7.26. The van der Waals surface area contributed by atoms with Gasteiger partial charge in [-0.1, -0.05) is 19.1 Å². The molecule has 0 saturated heterocycles. The van der Waals surface area contributed by atoms with E-state index in [0.717, 1.165) is 16.2 Å². The number of thioether (sulfide) groups is 1. The molecule has 1 rings (SSSR count). The quantitative estimate of drug-likeness (QED) is 0.477. The molecule has 8 heteroatoms. The van der Waals surface area contributed by atoms with Crippen LogP contribution >= 0.6 is 11.8 Å². The van der Waals surface area contributed by atoms with E-state index in [-0.39, 0.29) is 19.8 Å².